The summed E-state index contributed by atoms with van der Waals surface area (Å²) in [6, 6.07) is 7.90. The van der Waals surface area contributed by atoms with Crippen molar-refractivity contribution in [3.63, 3.8) is 0 Å². The van der Waals surface area contributed by atoms with Crippen LogP contribution in [-0.2, 0) is 14.4 Å². The van der Waals surface area contributed by atoms with Gasteiger partial charge in [0.05, 0.1) is 5.41 Å². The third-order valence-electron chi connectivity index (χ3n) is 5.90. The molecule has 2 fully saturated rings. The van der Waals surface area contributed by atoms with Gasteiger partial charge in [-0.25, -0.2) is 0 Å². The minimum Gasteiger partial charge on any atom is -0.481 e. The van der Waals surface area contributed by atoms with Crippen LogP contribution in [0, 0.1) is 11.3 Å². The minimum absolute atomic E-state index is 0.175. The van der Waals surface area contributed by atoms with E-state index >= 15 is 0 Å². The summed E-state index contributed by atoms with van der Waals surface area (Å²) in [7, 11) is 0. The molecule has 0 bridgehead atoms. The van der Waals surface area contributed by atoms with E-state index in [1.807, 2.05) is 24.3 Å². The van der Waals surface area contributed by atoms with Gasteiger partial charge < -0.3 is 14.9 Å². The Morgan fingerprint density at radius 2 is 1.85 bits per heavy atom. The van der Waals surface area contributed by atoms with Crippen LogP contribution in [0.2, 0.25) is 0 Å². The van der Waals surface area contributed by atoms with Gasteiger partial charge in [0.1, 0.15) is 5.92 Å². The number of piperidine rings is 1. The highest BCUT2D eigenvalue weighted by atomic mass is 16.4. The number of anilines is 1. The molecule has 6 nitrogen and oxygen atoms in total. The zero-order chi connectivity index (χ0) is 19.8. The largest absolute Gasteiger partial charge is 0.481 e. The normalized spacial score (nSPS) is 25.9. The molecule has 0 aromatic heterocycles. The predicted octanol–water partition coefficient (Wildman–Crippen LogP) is 2.88. The quantitative estimate of drug-likeness (QED) is 0.825. The number of aliphatic carboxylic acids is 1. The fraction of sp³-hybridized carbons (Fsp3) is 0.571. The van der Waals surface area contributed by atoms with Crippen molar-refractivity contribution in [2.24, 2.45) is 11.3 Å². The number of carbonyl (C=O) groups is 3. The van der Waals surface area contributed by atoms with E-state index in [9.17, 15) is 19.5 Å². The van der Waals surface area contributed by atoms with Crippen LogP contribution in [0.15, 0.2) is 24.3 Å². The van der Waals surface area contributed by atoms with Crippen molar-refractivity contribution < 1.29 is 19.5 Å². The molecule has 1 aromatic rings. The Hall–Kier alpha value is -2.37. The number of carboxylic acid groups (broad SMARTS) is 1. The third kappa shape index (κ3) is 3.70. The Balaban J connectivity index is 1.71. The zero-order valence-electron chi connectivity index (χ0n) is 16.3. The molecule has 3 rings (SSSR count). The molecule has 0 spiro atoms. The molecule has 2 atom stereocenters. The lowest BCUT2D eigenvalue weighted by atomic mass is 9.81. The van der Waals surface area contributed by atoms with Crippen LogP contribution in [0.1, 0.15) is 51.5 Å². The number of amides is 2. The Kier molecular flexibility index (Phi) is 5.27. The fourth-order valence-corrected chi connectivity index (χ4v) is 4.03. The van der Waals surface area contributed by atoms with Crippen molar-refractivity contribution >= 4 is 23.5 Å². The second kappa shape index (κ2) is 7.33. The molecule has 0 saturated carbocycles. The van der Waals surface area contributed by atoms with Gasteiger partial charge in [0.25, 0.3) is 0 Å². The molecule has 1 N–H and O–H groups in total. The van der Waals surface area contributed by atoms with Crippen LogP contribution in [-0.4, -0.2) is 47.4 Å². The second-order valence-electron chi connectivity index (χ2n) is 8.31. The zero-order valence-corrected chi connectivity index (χ0v) is 16.3. The summed E-state index contributed by atoms with van der Waals surface area (Å²) in [4.78, 5) is 40.6. The van der Waals surface area contributed by atoms with Crippen molar-refractivity contribution in [2.45, 2.75) is 46.0 Å². The first-order valence-electron chi connectivity index (χ1n) is 9.66. The molecule has 2 saturated heterocycles. The monoisotopic (exact) mass is 372 g/mol. The number of likely N-dealkylation sites (tertiary alicyclic amines) is 1. The van der Waals surface area contributed by atoms with E-state index in [0.29, 0.717) is 38.3 Å². The molecule has 2 aliphatic rings. The maximum absolute atomic E-state index is 12.9. The highest BCUT2D eigenvalue weighted by Crippen LogP contribution is 2.33. The van der Waals surface area contributed by atoms with Crippen molar-refractivity contribution in [1.82, 2.24) is 4.90 Å². The molecule has 27 heavy (non-hydrogen) atoms. The molecule has 2 unspecified atom stereocenters. The molecule has 146 valence electrons. The van der Waals surface area contributed by atoms with E-state index in [2.05, 4.69) is 13.8 Å². The van der Waals surface area contributed by atoms with Crippen molar-refractivity contribution in [3.8, 4) is 0 Å². The van der Waals surface area contributed by atoms with Gasteiger partial charge in [-0.2, -0.15) is 0 Å². The SMILES string of the molecule is CC(C)c1ccc(N2CCC(C(=O)N3CCCC(C)(C(=O)O)C3)C2=O)cc1. The lowest BCUT2D eigenvalue weighted by Gasteiger charge is -2.38. The van der Waals surface area contributed by atoms with Gasteiger partial charge in [0.2, 0.25) is 11.8 Å². The molecule has 2 amide bonds. The molecule has 2 aliphatic heterocycles. The van der Waals surface area contributed by atoms with Crippen LogP contribution in [0.4, 0.5) is 5.69 Å². The van der Waals surface area contributed by atoms with Gasteiger partial charge in [-0.05, 0) is 49.8 Å². The van der Waals surface area contributed by atoms with Crippen LogP contribution < -0.4 is 4.90 Å². The highest BCUT2D eigenvalue weighted by Gasteiger charge is 2.44. The van der Waals surface area contributed by atoms with Crippen molar-refractivity contribution in [3.05, 3.63) is 29.8 Å². The number of benzene rings is 1. The maximum Gasteiger partial charge on any atom is 0.311 e. The van der Waals surface area contributed by atoms with E-state index in [1.165, 1.54) is 5.56 Å². The van der Waals surface area contributed by atoms with Crippen LogP contribution in [0.5, 0.6) is 0 Å². The Labute approximate surface area is 160 Å². The first-order chi connectivity index (χ1) is 12.7. The summed E-state index contributed by atoms with van der Waals surface area (Å²) in [5.74, 6) is -1.57. The Morgan fingerprint density at radius 3 is 2.44 bits per heavy atom. The van der Waals surface area contributed by atoms with Crippen LogP contribution in [0.3, 0.4) is 0 Å². The highest BCUT2D eigenvalue weighted by molar-refractivity contribution is 6.09. The first kappa shape index (κ1) is 19.4. The van der Waals surface area contributed by atoms with Gasteiger partial charge in [-0.1, -0.05) is 26.0 Å². The molecule has 1 aromatic carbocycles. The van der Waals surface area contributed by atoms with E-state index < -0.39 is 17.3 Å². The maximum atomic E-state index is 12.9. The molecule has 0 radical (unpaired) electrons. The molecule has 6 heteroatoms. The molecule has 0 aliphatic carbocycles. The van der Waals surface area contributed by atoms with Gasteiger partial charge in [-0.3, -0.25) is 14.4 Å². The predicted molar refractivity (Wildman–Crippen MR) is 103 cm³/mol. The third-order valence-corrected chi connectivity index (χ3v) is 5.90. The minimum atomic E-state index is -0.929. The lowest BCUT2D eigenvalue weighted by molar-refractivity contribution is -0.154. The van der Waals surface area contributed by atoms with Crippen molar-refractivity contribution in [2.75, 3.05) is 24.5 Å². The van der Waals surface area contributed by atoms with Crippen molar-refractivity contribution in [1.29, 1.82) is 0 Å². The molecule has 2 heterocycles. The summed E-state index contributed by atoms with van der Waals surface area (Å²) >= 11 is 0. The van der Waals surface area contributed by atoms with Gasteiger partial charge in [0, 0.05) is 25.3 Å². The summed E-state index contributed by atoms with van der Waals surface area (Å²) in [5, 5.41) is 9.45. The number of nitrogens with zero attached hydrogens (tertiary/aromatic N) is 2. The van der Waals surface area contributed by atoms with Gasteiger partial charge in [0.15, 0.2) is 0 Å². The number of carbonyl (C=O) groups excluding carboxylic acids is 2. The molecular formula is C21H28N2O4. The summed E-state index contributed by atoms with van der Waals surface area (Å²) in [6.07, 6.45) is 1.68. The van der Waals surface area contributed by atoms with E-state index in [-0.39, 0.29) is 18.4 Å². The second-order valence-corrected chi connectivity index (χ2v) is 8.31. The standard InChI is InChI=1S/C21H28N2O4/c1-14(2)15-5-7-16(8-6-15)23-12-9-17(19(23)25)18(24)22-11-4-10-21(3,13-22)20(26)27/h5-8,14,17H,4,9-13H2,1-3H3,(H,26,27). The average Bonchev–Trinajstić information content (AvgIpc) is 3.02. The molecular weight excluding hydrogens is 344 g/mol. The van der Waals surface area contributed by atoms with Gasteiger partial charge >= 0.3 is 5.97 Å². The van der Waals surface area contributed by atoms with E-state index in [4.69, 9.17) is 0 Å². The van der Waals surface area contributed by atoms with E-state index in [0.717, 1.165) is 5.69 Å². The topological polar surface area (TPSA) is 77.9 Å². The summed E-state index contributed by atoms with van der Waals surface area (Å²) < 4.78 is 0. The summed E-state index contributed by atoms with van der Waals surface area (Å²) in [5.41, 5.74) is 1.09. The number of hydrogen-bond donors (Lipinski definition) is 1. The van der Waals surface area contributed by atoms with E-state index in [1.54, 1.807) is 16.7 Å². The van der Waals surface area contributed by atoms with Gasteiger partial charge in [-0.15, -0.1) is 0 Å². The lowest BCUT2D eigenvalue weighted by Crippen LogP contribution is -2.51. The first-order valence-corrected chi connectivity index (χ1v) is 9.66. The Bertz CT molecular complexity index is 743. The summed E-state index contributed by atoms with van der Waals surface area (Å²) in [6.45, 7) is 7.12. The number of carboxylic acids is 1. The number of rotatable bonds is 4. The smallest absolute Gasteiger partial charge is 0.311 e. The average molecular weight is 372 g/mol. The fourth-order valence-electron chi connectivity index (χ4n) is 4.03. The van der Waals surface area contributed by atoms with Crippen LogP contribution in [0.25, 0.3) is 0 Å². The Morgan fingerprint density at radius 1 is 1.19 bits per heavy atom. The van der Waals surface area contributed by atoms with Crippen LogP contribution >= 0.6 is 0 Å². The number of hydrogen-bond acceptors (Lipinski definition) is 3.